The van der Waals surface area contributed by atoms with Gasteiger partial charge in [-0.2, -0.15) is 0 Å². The summed E-state index contributed by atoms with van der Waals surface area (Å²) in [6.07, 6.45) is 1.35. The minimum Gasteiger partial charge on any atom is -0.394 e. The SMILES string of the molecule is CCCc1nnsc1C(=O)N1CC(CO)OC(C)(C)C1. The van der Waals surface area contributed by atoms with Gasteiger partial charge in [-0.1, -0.05) is 17.8 Å². The van der Waals surface area contributed by atoms with Crippen LogP contribution in [0.15, 0.2) is 0 Å². The van der Waals surface area contributed by atoms with E-state index in [-0.39, 0.29) is 18.6 Å². The highest BCUT2D eigenvalue weighted by Gasteiger charge is 2.36. The summed E-state index contributed by atoms with van der Waals surface area (Å²) in [6.45, 7) is 6.72. The Bertz CT molecular complexity index is 475. The van der Waals surface area contributed by atoms with Crippen LogP contribution in [0.2, 0.25) is 0 Å². The first kappa shape index (κ1) is 15.3. The van der Waals surface area contributed by atoms with Crippen LogP contribution in [0.1, 0.15) is 42.6 Å². The summed E-state index contributed by atoms with van der Waals surface area (Å²) in [5, 5.41) is 13.3. The number of carbonyl (C=O) groups is 1. The van der Waals surface area contributed by atoms with Crippen LogP contribution in [0.3, 0.4) is 0 Å². The number of aliphatic hydroxyl groups excluding tert-OH is 1. The van der Waals surface area contributed by atoms with Crippen LogP contribution in [-0.2, 0) is 11.2 Å². The molecule has 0 aliphatic carbocycles. The second-order valence-electron chi connectivity index (χ2n) is 5.67. The summed E-state index contributed by atoms with van der Waals surface area (Å²) < 4.78 is 9.62. The van der Waals surface area contributed by atoms with Crippen molar-refractivity contribution in [3.8, 4) is 0 Å². The molecule has 0 saturated carbocycles. The van der Waals surface area contributed by atoms with Gasteiger partial charge in [-0.15, -0.1) is 5.10 Å². The lowest BCUT2D eigenvalue weighted by Crippen LogP contribution is -2.55. The minimum absolute atomic E-state index is 0.0572. The van der Waals surface area contributed by atoms with Crippen molar-refractivity contribution in [3.05, 3.63) is 10.6 Å². The molecule has 20 heavy (non-hydrogen) atoms. The summed E-state index contributed by atoms with van der Waals surface area (Å²) in [6, 6.07) is 0. The number of aryl methyl sites for hydroxylation is 1. The minimum atomic E-state index is -0.454. The van der Waals surface area contributed by atoms with Crippen molar-refractivity contribution in [1.29, 1.82) is 0 Å². The molecule has 1 atom stereocenters. The maximum absolute atomic E-state index is 12.6. The highest BCUT2D eigenvalue weighted by Crippen LogP contribution is 2.24. The Morgan fingerprint density at radius 3 is 3.00 bits per heavy atom. The average molecular weight is 299 g/mol. The van der Waals surface area contributed by atoms with Crippen LogP contribution in [0, 0.1) is 0 Å². The molecule has 1 aliphatic heterocycles. The Balaban J connectivity index is 2.17. The zero-order chi connectivity index (χ0) is 14.8. The van der Waals surface area contributed by atoms with Crippen molar-refractivity contribution in [2.45, 2.75) is 45.3 Å². The zero-order valence-electron chi connectivity index (χ0n) is 12.1. The Morgan fingerprint density at radius 1 is 1.60 bits per heavy atom. The molecule has 0 spiro atoms. The summed E-state index contributed by atoms with van der Waals surface area (Å²) in [7, 11) is 0. The maximum Gasteiger partial charge on any atom is 0.267 e. The van der Waals surface area contributed by atoms with E-state index in [9.17, 15) is 9.90 Å². The van der Waals surface area contributed by atoms with Gasteiger partial charge in [0.1, 0.15) is 4.88 Å². The molecule has 7 heteroatoms. The topological polar surface area (TPSA) is 75.6 Å². The number of carbonyl (C=O) groups excluding carboxylic acids is 1. The van der Waals surface area contributed by atoms with Gasteiger partial charge >= 0.3 is 0 Å². The number of amides is 1. The largest absolute Gasteiger partial charge is 0.394 e. The van der Waals surface area contributed by atoms with Gasteiger partial charge in [-0.3, -0.25) is 4.79 Å². The number of hydrogen-bond acceptors (Lipinski definition) is 6. The fraction of sp³-hybridized carbons (Fsp3) is 0.769. The van der Waals surface area contributed by atoms with E-state index in [4.69, 9.17) is 4.74 Å². The van der Waals surface area contributed by atoms with Crippen molar-refractivity contribution in [2.24, 2.45) is 0 Å². The van der Waals surface area contributed by atoms with E-state index < -0.39 is 5.60 Å². The number of nitrogens with zero attached hydrogens (tertiary/aromatic N) is 3. The highest BCUT2D eigenvalue weighted by atomic mass is 32.1. The van der Waals surface area contributed by atoms with Gasteiger partial charge in [-0.25, -0.2) is 0 Å². The quantitative estimate of drug-likeness (QED) is 0.901. The fourth-order valence-corrected chi connectivity index (χ4v) is 3.14. The van der Waals surface area contributed by atoms with Crippen LogP contribution in [0.4, 0.5) is 0 Å². The normalized spacial score (nSPS) is 22.0. The first-order chi connectivity index (χ1) is 9.46. The van der Waals surface area contributed by atoms with E-state index in [1.165, 1.54) is 0 Å². The second kappa shape index (κ2) is 6.15. The molecule has 1 aromatic rings. The molecular formula is C13H21N3O3S. The average Bonchev–Trinajstić information content (AvgIpc) is 2.84. The summed E-state index contributed by atoms with van der Waals surface area (Å²) in [5.41, 5.74) is 0.317. The van der Waals surface area contributed by atoms with Gasteiger partial charge in [0.2, 0.25) is 0 Å². The number of hydrogen-bond donors (Lipinski definition) is 1. The lowest BCUT2D eigenvalue weighted by Gasteiger charge is -2.42. The van der Waals surface area contributed by atoms with Crippen LogP contribution in [-0.4, -0.2) is 56.9 Å². The zero-order valence-corrected chi connectivity index (χ0v) is 12.9. The van der Waals surface area contributed by atoms with Gasteiger partial charge in [0.05, 0.1) is 24.0 Å². The van der Waals surface area contributed by atoms with Gasteiger partial charge in [-0.05, 0) is 31.8 Å². The predicted octanol–water partition coefficient (Wildman–Crippen LogP) is 1.10. The molecule has 0 radical (unpaired) electrons. The maximum atomic E-state index is 12.6. The molecule has 1 aliphatic rings. The van der Waals surface area contributed by atoms with E-state index in [2.05, 4.69) is 9.59 Å². The third kappa shape index (κ3) is 3.34. The molecule has 1 aromatic heterocycles. The lowest BCUT2D eigenvalue weighted by molar-refractivity contribution is -0.139. The molecule has 1 fully saturated rings. The van der Waals surface area contributed by atoms with Gasteiger partial charge in [0.25, 0.3) is 5.91 Å². The monoisotopic (exact) mass is 299 g/mol. The van der Waals surface area contributed by atoms with E-state index in [1.807, 2.05) is 20.8 Å². The Hall–Kier alpha value is -1.05. The second-order valence-corrected chi connectivity index (χ2v) is 6.42. The molecule has 112 valence electrons. The van der Waals surface area contributed by atoms with Crippen molar-refractivity contribution >= 4 is 17.4 Å². The molecule has 2 heterocycles. The van der Waals surface area contributed by atoms with Crippen LogP contribution < -0.4 is 0 Å². The summed E-state index contributed by atoms with van der Waals surface area (Å²) >= 11 is 1.14. The Morgan fingerprint density at radius 2 is 2.35 bits per heavy atom. The van der Waals surface area contributed by atoms with Crippen molar-refractivity contribution < 1.29 is 14.6 Å². The Labute approximate surface area is 122 Å². The molecule has 1 saturated heterocycles. The third-order valence-corrected chi connectivity index (χ3v) is 3.97. The molecule has 1 unspecified atom stereocenters. The molecule has 6 nitrogen and oxygen atoms in total. The number of morpholine rings is 1. The van der Waals surface area contributed by atoms with E-state index in [1.54, 1.807) is 4.90 Å². The lowest BCUT2D eigenvalue weighted by atomic mass is 10.0. The van der Waals surface area contributed by atoms with Crippen molar-refractivity contribution in [2.75, 3.05) is 19.7 Å². The molecule has 0 aromatic carbocycles. The number of aliphatic hydroxyl groups is 1. The van der Waals surface area contributed by atoms with E-state index in [0.717, 1.165) is 30.1 Å². The summed E-state index contributed by atoms with van der Waals surface area (Å²) in [5.74, 6) is -0.0572. The number of rotatable bonds is 4. The van der Waals surface area contributed by atoms with E-state index in [0.29, 0.717) is 18.0 Å². The first-order valence-electron chi connectivity index (χ1n) is 6.86. The van der Waals surface area contributed by atoms with E-state index >= 15 is 0 Å². The molecule has 1 amide bonds. The van der Waals surface area contributed by atoms with Crippen molar-refractivity contribution in [1.82, 2.24) is 14.5 Å². The standard InChI is InChI=1S/C13H21N3O3S/c1-4-5-10-11(20-15-14-10)12(18)16-6-9(7-17)19-13(2,3)8-16/h9,17H,4-8H2,1-3H3. The highest BCUT2D eigenvalue weighted by molar-refractivity contribution is 7.08. The van der Waals surface area contributed by atoms with Gasteiger partial charge < -0.3 is 14.7 Å². The predicted molar refractivity (Wildman–Crippen MR) is 75.8 cm³/mol. The third-order valence-electron chi connectivity index (χ3n) is 3.21. The first-order valence-corrected chi connectivity index (χ1v) is 7.63. The fourth-order valence-electron chi connectivity index (χ4n) is 2.46. The smallest absolute Gasteiger partial charge is 0.267 e. The van der Waals surface area contributed by atoms with Gasteiger partial charge in [0.15, 0.2) is 0 Å². The molecule has 2 rings (SSSR count). The summed E-state index contributed by atoms with van der Waals surface area (Å²) in [4.78, 5) is 15.0. The van der Waals surface area contributed by atoms with Crippen LogP contribution in [0.5, 0.6) is 0 Å². The molecule has 0 bridgehead atoms. The van der Waals surface area contributed by atoms with Crippen molar-refractivity contribution in [3.63, 3.8) is 0 Å². The van der Waals surface area contributed by atoms with Crippen LogP contribution >= 0.6 is 11.5 Å². The molecular weight excluding hydrogens is 278 g/mol. The molecule has 1 N–H and O–H groups in total. The van der Waals surface area contributed by atoms with Crippen LogP contribution in [0.25, 0.3) is 0 Å². The number of aromatic nitrogens is 2. The Kier molecular flexibility index (Phi) is 4.72. The van der Waals surface area contributed by atoms with Gasteiger partial charge in [0, 0.05) is 13.1 Å². The number of ether oxygens (including phenoxy) is 1.